The summed E-state index contributed by atoms with van der Waals surface area (Å²) in [5, 5.41) is 8.82. The Hall–Kier alpha value is -1.49. The van der Waals surface area contributed by atoms with Crippen molar-refractivity contribution in [1.29, 1.82) is 5.26 Å². The van der Waals surface area contributed by atoms with Gasteiger partial charge >= 0.3 is 0 Å². The minimum absolute atomic E-state index is 0.00574. The van der Waals surface area contributed by atoms with Gasteiger partial charge in [-0.25, -0.2) is 0 Å². The smallest absolute Gasteiger partial charge is 0.134 e. The van der Waals surface area contributed by atoms with Crippen molar-refractivity contribution in [2.75, 3.05) is 54.6 Å². The number of rotatable bonds is 4. The van der Waals surface area contributed by atoms with E-state index < -0.39 is 0 Å². The predicted molar refractivity (Wildman–Crippen MR) is 103 cm³/mol. The first kappa shape index (κ1) is 20.8. The molecular formula is C20H32N4O2. The molecule has 0 spiro atoms. The van der Waals surface area contributed by atoms with E-state index in [0.29, 0.717) is 13.2 Å². The monoisotopic (exact) mass is 360 g/mol. The van der Waals surface area contributed by atoms with Crippen molar-refractivity contribution in [3.8, 4) is 6.07 Å². The number of hydrogen-bond donors (Lipinski definition) is 1. The van der Waals surface area contributed by atoms with Gasteiger partial charge in [-0.15, -0.1) is 0 Å². The average Bonchev–Trinajstić information content (AvgIpc) is 3.33. The number of nitrogens with two attached hydrogens (primary N) is 1. The standard InChI is InChI=1S/C13H20N2O.C7H12N2O/c1-15(2)13(8-9-16-10-13)12(14)11-6-4-3-5-7-11;1-9(2)7(5-8)3-4-10-6-7/h3-7,12H,8-10,14H2,1-2H3;3-4,6H2,1-2H3. The van der Waals surface area contributed by atoms with E-state index in [9.17, 15) is 0 Å². The van der Waals surface area contributed by atoms with Crippen LogP contribution in [0.3, 0.4) is 0 Å². The van der Waals surface area contributed by atoms with Crippen molar-refractivity contribution in [2.24, 2.45) is 5.73 Å². The Labute approximate surface area is 157 Å². The number of nitriles is 1. The maximum Gasteiger partial charge on any atom is 0.134 e. The molecule has 6 heteroatoms. The highest BCUT2D eigenvalue weighted by molar-refractivity contribution is 5.23. The summed E-state index contributed by atoms with van der Waals surface area (Å²) in [5.41, 5.74) is 7.20. The van der Waals surface area contributed by atoms with Crippen LogP contribution in [-0.2, 0) is 9.47 Å². The summed E-state index contributed by atoms with van der Waals surface area (Å²) in [6.45, 7) is 2.79. The third kappa shape index (κ3) is 4.25. The number of benzene rings is 1. The molecule has 0 saturated carbocycles. The lowest BCUT2D eigenvalue weighted by molar-refractivity contribution is 0.0854. The van der Waals surface area contributed by atoms with Crippen molar-refractivity contribution in [3.05, 3.63) is 35.9 Å². The molecule has 3 atom stereocenters. The molecule has 2 aliphatic rings. The second-order valence-electron chi connectivity index (χ2n) is 7.53. The molecule has 2 fully saturated rings. The SMILES string of the molecule is CN(C)C1(C#N)CCOC1.CN(C)C1(C(N)c2ccccc2)CCOC1. The molecule has 2 aliphatic heterocycles. The van der Waals surface area contributed by atoms with Crippen LogP contribution in [0, 0.1) is 11.3 Å². The zero-order chi connectivity index (χ0) is 19.2. The molecule has 6 nitrogen and oxygen atoms in total. The summed E-state index contributed by atoms with van der Waals surface area (Å²) in [4.78, 5) is 4.14. The number of nitrogens with zero attached hydrogens (tertiary/aromatic N) is 3. The molecule has 2 N–H and O–H groups in total. The fourth-order valence-electron chi connectivity index (χ4n) is 3.51. The second-order valence-corrected chi connectivity index (χ2v) is 7.53. The van der Waals surface area contributed by atoms with Gasteiger partial charge in [-0.05, 0) is 40.2 Å². The molecule has 0 bridgehead atoms. The van der Waals surface area contributed by atoms with E-state index >= 15 is 0 Å². The summed E-state index contributed by atoms with van der Waals surface area (Å²) in [6, 6.07) is 12.6. The Morgan fingerprint density at radius 3 is 2.00 bits per heavy atom. The maximum absolute atomic E-state index is 8.82. The summed E-state index contributed by atoms with van der Waals surface area (Å²) >= 11 is 0. The minimum Gasteiger partial charge on any atom is -0.379 e. The van der Waals surface area contributed by atoms with Crippen LogP contribution in [-0.4, -0.2) is 75.5 Å². The number of likely N-dealkylation sites (N-methyl/N-ethyl adjacent to an activating group) is 2. The van der Waals surface area contributed by atoms with Gasteiger partial charge in [0.25, 0.3) is 0 Å². The van der Waals surface area contributed by atoms with Gasteiger partial charge in [0, 0.05) is 19.6 Å². The quantitative estimate of drug-likeness (QED) is 0.880. The number of ether oxygens (including phenoxy) is 2. The highest BCUT2D eigenvalue weighted by Gasteiger charge is 2.43. The second kappa shape index (κ2) is 8.94. The lowest BCUT2D eigenvalue weighted by atomic mass is 9.84. The number of hydrogen-bond acceptors (Lipinski definition) is 6. The molecule has 0 amide bonds. The lowest BCUT2D eigenvalue weighted by Crippen LogP contribution is -2.52. The average molecular weight is 361 g/mol. The van der Waals surface area contributed by atoms with E-state index in [1.165, 1.54) is 5.56 Å². The van der Waals surface area contributed by atoms with Crippen LogP contribution in [0.4, 0.5) is 0 Å². The molecule has 3 unspecified atom stereocenters. The molecule has 0 aromatic heterocycles. The molecule has 1 aromatic rings. The van der Waals surface area contributed by atoms with Crippen molar-refractivity contribution < 1.29 is 9.47 Å². The first-order chi connectivity index (χ1) is 12.4. The lowest BCUT2D eigenvalue weighted by Gasteiger charge is -2.40. The van der Waals surface area contributed by atoms with Gasteiger partial charge in [-0.3, -0.25) is 9.80 Å². The summed E-state index contributed by atoms with van der Waals surface area (Å²) in [7, 11) is 7.99. The fourth-order valence-corrected chi connectivity index (χ4v) is 3.51. The normalized spacial score (nSPS) is 29.3. The highest BCUT2D eigenvalue weighted by atomic mass is 16.5. The zero-order valence-corrected chi connectivity index (χ0v) is 16.4. The van der Waals surface area contributed by atoms with E-state index in [4.69, 9.17) is 20.5 Å². The van der Waals surface area contributed by atoms with Crippen LogP contribution in [0.1, 0.15) is 24.4 Å². The van der Waals surface area contributed by atoms with Crippen LogP contribution in [0.2, 0.25) is 0 Å². The summed E-state index contributed by atoms with van der Waals surface area (Å²) in [5.74, 6) is 0. The maximum atomic E-state index is 8.82. The highest BCUT2D eigenvalue weighted by Crippen LogP contribution is 2.35. The van der Waals surface area contributed by atoms with Crippen LogP contribution in [0.15, 0.2) is 30.3 Å². The van der Waals surface area contributed by atoms with Gasteiger partial charge in [0.2, 0.25) is 0 Å². The van der Waals surface area contributed by atoms with Crippen molar-refractivity contribution in [1.82, 2.24) is 9.80 Å². The van der Waals surface area contributed by atoms with Crippen molar-refractivity contribution >= 4 is 0 Å². The van der Waals surface area contributed by atoms with Crippen LogP contribution < -0.4 is 5.73 Å². The third-order valence-corrected chi connectivity index (χ3v) is 5.72. The Bertz CT molecular complexity index is 586. The van der Waals surface area contributed by atoms with E-state index in [2.05, 4.69) is 37.2 Å². The van der Waals surface area contributed by atoms with Crippen molar-refractivity contribution in [3.63, 3.8) is 0 Å². The van der Waals surface area contributed by atoms with Crippen LogP contribution in [0.5, 0.6) is 0 Å². The first-order valence-corrected chi connectivity index (χ1v) is 9.10. The predicted octanol–water partition coefficient (Wildman–Crippen LogP) is 1.64. The molecule has 2 saturated heterocycles. The van der Waals surface area contributed by atoms with Crippen LogP contribution in [0.25, 0.3) is 0 Å². The first-order valence-electron chi connectivity index (χ1n) is 9.10. The molecule has 3 rings (SSSR count). The molecular weight excluding hydrogens is 328 g/mol. The Kier molecular flexibility index (Phi) is 7.16. The minimum atomic E-state index is -0.347. The van der Waals surface area contributed by atoms with Crippen molar-refractivity contribution in [2.45, 2.75) is 30.0 Å². The molecule has 0 radical (unpaired) electrons. The van der Waals surface area contributed by atoms with E-state index in [1.807, 2.05) is 37.2 Å². The molecule has 144 valence electrons. The van der Waals surface area contributed by atoms with E-state index in [-0.39, 0.29) is 17.1 Å². The Morgan fingerprint density at radius 2 is 1.62 bits per heavy atom. The van der Waals surface area contributed by atoms with E-state index in [0.717, 1.165) is 26.1 Å². The fraction of sp³-hybridized carbons (Fsp3) is 0.650. The zero-order valence-electron chi connectivity index (χ0n) is 16.4. The topological polar surface area (TPSA) is 74.8 Å². The molecule has 26 heavy (non-hydrogen) atoms. The Morgan fingerprint density at radius 1 is 1.00 bits per heavy atom. The third-order valence-electron chi connectivity index (χ3n) is 5.72. The molecule has 2 heterocycles. The van der Waals surface area contributed by atoms with E-state index in [1.54, 1.807) is 0 Å². The molecule has 0 aliphatic carbocycles. The van der Waals surface area contributed by atoms with Gasteiger partial charge in [-0.1, -0.05) is 30.3 Å². The van der Waals surface area contributed by atoms with Gasteiger partial charge in [0.1, 0.15) is 5.54 Å². The van der Waals surface area contributed by atoms with Gasteiger partial charge < -0.3 is 15.2 Å². The largest absolute Gasteiger partial charge is 0.379 e. The summed E-state index contributed by atoms with van der Waals surface area (Å²) < 4.78 is 10.7. The van der Waals surface area contributed by atoms with Gasteiger partial charge in [-0.2, -0.15) is 5.26 Å². The van der Waals surface area contributed by atoms with Gasteiger partial charge in [0.15, 0.2) is 0 Å². The molecule has 1 aromatic carbocycles. The van der Waals surface area contributed by atoms with Crippen LogP contribution >= 0.6 is 0 Å². The van der Waals surface area contributed by atoms with Gasteiger partial charge in [0.05, 0.1) is 30.9 Å². The summed E-state index contributed by atoms with van der Waals surface area (Å²) in [6.07, 6.45) is 1.83. The Balaban J connectivity index is 0.000000209.